The second kappa shape index (κ2) is 12.0. The molecule has 0 unspecified atom stereocenters. The van der Waals surface area contributed by atoms with Crippen molar-refractivity contribution >= 4 is 91.7 Å². The second-order valence-electron chi connectivity index (χ2n) is 12.3. The molecular weight excluding hydrogens is 667 g/mol. The van der Waals surface area contributed by atoms with Crippen molar-refractivity contribution in [3.05, 3.63) is 164 Å². The SMILES string of the molecule is c1ccc2sc(-c3ccc(N(c4ccc(-c5ccc6sc7ccccc7c6c5)cc4)c4ccc(-c5nc6ccccc6s5)cc4)cc3)nc2c1. The molecule has 3 aromatic heterocycles. The Kier molecular flexibility index (Phi) is 7.05. The third kappa shape index (κ3) is 5.17. The van der Waals surface area contributed by atoms with E-state index >= 15 is 0 Å². The van der Waals surface area contributed by atoms with Crippen molar-refractivity contribution in [2.75, 3.05) is 4.90 Å². The Bertz CT molecular complexity index is 2630. The van der Waals surface area contributed by atoms with E-state index in [1.54, 1.807) is 22.7 Å². The van der Waals surface area contributed by atoms with Crippen LogP contribution in [0, 0.1) is 0 Å². The van der Waals surface area contributed by atoms with Gasteiger partial charge in [0.1, 0.15) is 10.0 Å². The van der Waals surface area contributed by atoms with E-state index in [4.69, 9.17) is 9.97 Å². The molecule has 10 aromatic rings. The quantitative estimate of drug-likeness (QED) is 0.174. The lowest BCUT2D eigenvalue weighted by molar-refractivity contribution is 1.28. The van der Waals surface area contributed by atoms with Crippen LogP contribution in [0.25, 0.3) is 72.9 Å². The highest BCUT2D eigenvalue weighted by Crippen LogP contribution is 2.40. The molecule has 0 bridgehead atoms. The zero-order valence-corrected chi connectivity index (χ0v) is 29.1. The van der Waals surface area contributed by atoms with Gasteiger partial charge in [-0.2, -0.15) is 0 Å². The van der Waals surface area contributed by atoms with E-state index in [2.05, 4.69) is 157 Å². The van der Waals surface area contributed by atoms with E-state index in [0.29, 0.717) is 0 Å². The highest BCUT2D eigenvalue weighted by molar-refractivity contribution is 7.25. The van der Waals surface area contributed by atoms with Gasteiger partial charge in [-0.3, -0.25) is 0 Å². The van der Waals surface area contributed by atoms with Crippen LogP contribution in [-0.4, -0.2) is 9.97 Å². The molecule has 0 amide bonds. The molecule has 0 saturated heterocycles. The minimum Gasteiger partial charge on any atom is -0.311 e. The summed E-state index contributed by atoms with van der Waals surface area (Å²) in [5.41, 5.74) is 10.00. The van der Waals surface area contributed by atoms with Crippen LogP contribution >= 0.6 is 34.0 Å². The number of benzene rings is 7. The smallest absolute Gasteiger partial charge is 0.124 e. The predicted octanol–water partition coefficient (Wildman–Crippen LogP) is 13.7. The van der Waals surface area contributed by atoms with Crippen molar-refractivity contribution < 1.29 is 0 Å². The van der Waals surface area contributed by atoms with Gasteiger partial charge in [-0.25, -0.2) is 9.97 Å². The minimum absolute atomic E-state index is 1.03. The summed E-state index contributed by atoms with van der Waals surface area (Å²) in [6.45, 7) is 0. The first-order valence-corrected chi connectivity index (χ1v) is 18.9. The molecule has 0 saturated carbocycles. The van der Waals surface area contributed by atoms with E-state index in [-0.39, 0.29) is 0 Å². The summed E-state index contributed by atoms with van der Waals surface area (Å²) < 4.78 is 5.05. The van der Waals surface area contributed by atoms with Gasteiger partial charge in [0.25, 0.3) is 0 Å². The summed E-state index contributed by atoms with van der Waals surface area (Å²) in [6.07, 6.45) is 0. The van der Waals surface area contributed by atoms with E-state index in [1.165, 1.54) is 40.7 Å². The van der Waals surface area contributed by atoms with Crippen molar-refractivity contribution in [3.63, 3.8) is 0 Å². The molecule has 0 atom stereocenters. The summed E-state index contributed by atoms with van der Waals surface area (Å²) in [5.74, 6) is 0. The molecule has 3 heterocycles. The topological polar surface area (TPSA) is 29.0 Å². The van der Waals surface area contributed by atoms with Crippen LogP contribution in [0.3, 0.4) is 0 Å². The van der Waals surface area contributed by atoms with E-state index in [1.807, 2.05) is 23.5 Å². The lowest BCUT2D eigenvalue weighted by Gasteiger charge is -2.26. The number of hydrogen-bond donors (Lipinski definition) is 0. The van der Waals surface area contributed by atoms with Gasteiger partial charge in [-0.1, -0.05) is 60.7 Å². The first-order valence-electron chi connectivity index (χ1n) is 16.5. The maximum absolute atomic E-state index is 4.90. The number of anilines is 3. The Morgan fingerprint density at radius 1 is 0.340 bits per heavy atom. The van der Waals surface area contributed by atoms with Gasteiger partial charge in [-0.05, 0) is 114 Å². The fourth-order valence-corrected chi connectivity index (χ4v) is 9.68. The Labute approximate surface area is 301 Å². The van der Waals surface area contributed by atoms with E-state index in [9.17, 15) is 0 Å². The van der Waals surface area contributed by atoms with Crippen LogP contribution in [0.1, 0.15) is 0 Å². The lowest BCUT2D eigenvalue weighted by Crippen LogP contribution is -2.09. The summed E-state index contributed by atoms with van der Waals surface area (Å²) in [5, 5.41) is 4.70. The molecule has 0 aliphatic heterocycles. The van der Waals surface area contributed by atoms with Gasteiger partial charge in [-0.15, -0.1) is 34.0 Å². The van der Waals surface area contributed by atoms with Crippen molar-refractivity contribution in [2.24, 2.45) is 0 Å². The van der Waals surface area contributed by atoms with Crippen LogP contribution < -0.4 is 4.90 Å². The molecule has 50 heavy (non-hydrogen) atoms. The zero-order chi connectivity index (χ0) is 33.0. The molecule has 10 rings (SSSR count). The Morgan fingerprint density at radius 2 is 0.780 bits per heavy atom. The molecule has 0 N–H and O–H groups in total. The Balaban J connectivity index is 1.03. The van der Waals surface area contributed by atoms with Crippen LogP contribution in [0.15, 0.2) is 164 Å². The number of hydrogen-bond acceptors (Lipinski definition) is 6. The number of nitrogens with zero attached hydrogens (tertiary/aromatic N) is 3. The Morgan fingerprint density at radius 3 is 1.32 bits per heavy atom. The summed E-state index contributed by atoms with van der Waals surface area (Å²) in [7, 11) is 0. The van der Waals surface area contributed by atoms with Gasteiger partial charge in [0.05, 0.1) is 20.4 Å². The van der Waals surface area contributed by atoms with E-state index in [0.717, 1.165) is 49.2 Å². The molecular formula is C44H27N3S3. The van der Waals surface area contributed by atoms with Crippen LogP contribution in [0.5, 0.6) is 0 Å². The molecule has 0 radical (unpaired) electrons. The second-order valence-corrected chi connectivity index (χ2v) is 15.4. The van der Waals surface area contributed by atoms with Crippen LogP contribution in [0.4, 0.5) is 17.1 Å². The van der Waals surface area contributed by atoms with Gasteiger partial charge in [0, 0.05) is 48.4 Å². The molecule has 0 aliphatic carbocycles. The maximum atomic E-state index is 4.90. The van der Waals surface area contributed by atoms with Crippen molar-refractivity contribution in [1.82, 2.24) is 9.97 Å². The molecule has 3 nitrogen and oxygen atoms in total. The number of para-hydroxylation sites is 2. The van der Waals surface area contributed by atoms with Crippen molar-refractivity contribution in [1.29, 1.82) is 0 Å². The highest BCUT2D eigenvalue weighted by atomic mass is 32.1. The molecule has 7 aromatic carbocycles. The van der Waals surface area contributed by atoms with Gasteiger partial charge in [0.2, 0.25) is 0 Å². The number of thiazole rings is 2. The average molecular weight is 694 g/mol. The third-order valence-corrected chi connectivity index (χ3v) is 12.5. The third-order valence-electron chi connectivity index (χ3n) is 9.17. The molecule has 0 aliphatic rings. The zero-order valence-electron chi connectivity index (χ0n) is 26.7. The molecule has 6 heteroatoms. The van der Waals surface area contributed by atoms with Crippen molar-refractivity contribution in [2.45, 2.75) is 0 Å². The lowest BCUT2D eigenvalue weighted by atomic mass is 10.0. The highest BCUT2D eigenvalue weighted by Gasteiger charge is 2.16. The molecule has 236 valence electrons. The number of aromatic nitrogens is 2. The maximum Gasteiger partial charge on any atom is 0.124 e. The number of rotatable bonds is 6. The van der Waals surface area contributed by atoms with Gasteiger partial charge >= 0.3 is 0 Å². The van der Waals surface area contributed by atoms with Crippen LogP contribution in [-0.2, 0) is 0 Å². The summed E-state index contributed by atoms with van der Waals surface area (Å²) in [4.78, 5) is 12.1. The first-order chi connectivity index (χ1) is 24.7. The van der Waals surface area contributed by atoms with Crippen LogP contribution in [0.2, 0.25) is 0 Å². The molecule has 0 fully saturated rings. The molecule has 0 spiro atoms. The number of thiophene rings is 1. The van der Waals surface area contributed by atoms with Crippen molar-refractivity contribution in [3.8, 4) is 32.3 Å². The largest absolute Gasteiger partial charge is 0.311 e. The van der Waals surface area contributed by atoms with E-state index < -0.39 is 0 Å². The normalized spacial score (nSPS) is 11.6. The fourth-order valence-electron chi connectivity index (χ4n) is 6.65. The monoisotopic (exact) mass is 693 g/mol. The summed E-state index contributed by atoms with van der Waals surface area (Å²) in [6, 6.07) is 58.6. The summed E-state index contributed by atoms with van der Waals surface area (Å²) >= 11 is 5.32. The Hall–Kier alpha value is -5.66. The average Bonchev–Trinajstić information content (AvgIpc) is 3.91. The number of fused-ring (bicyclic) bond motifs is 5. The van der Waals surface area contributed by atoms with Gasteiger partial charge < -0.3 is 4.90 Å². The minimum atomic E-state index is 1.03. The first kappa shape index (κ1) is 29.3. The standard InChI is InChI=1S/C44H27N3S3/c1-4-10-39-35(7-1)36-27-31(19-26-40(36)48-39)28-13-20-32(21-14-28)47(33-22-15-29(16-23-33)43-45-37-8-2-5-11-41(37)49-43)34-24-17-30(18-25-34)44-46-38-9-3-6-12-42(38)50-44/h1-27H. The van der Waals surface area contributed by atoms with Gasteiger partial charge in [0.15, 0.2) is 0 Å². The predicted molar refractivity (Wildman–Crippen MR) is 217 cm³/mol. The fraction of sp³-hybridized carbons (Fsp3) is 0.